The van der Waals surface area contributed by atoms with Gasteiger partial charge in [-0.3, -0.25) is 14.3 Å². The number of benzene rings is 2. The molecule has 0 bridgehead atoms. The second-order valence-corrected chi connectivity index (χ2v) is 7.52. The molecule has 4 aromatic rings. The first-order chi connectivity index (χ1) is 15.9. The molecular weight excluding hydrogens is 429 g/mol. The SMILES string of the molecule is CC(C)n1cnc2nc(COc3cccc(NC(=O)COc4ccc(F)cc4)c3)cc(=O)n21. The van der Waals surface area contributed by atoms with E-state index in [2.05, 4.69) is 15.3 Å². The van der Waals surface area contributed by atoms with E-state index in [0.29, 0.717) is 28.7 Å². The highest BCUT2D eigenvalue weighted by Crippen LogP contribution is 2.19. The first kappa shape index (κ1) is 22.0. The minimum Gasteiger partial charge on any atom is -0.487 e. The minimum atomic E-state index is -0.380. The molecule has 0 fully saturated rings. The smallest absolute Gasteiger partial charge is 0.274 e. The van der Waals surface area contributed by atoms with E-state index in [-0.39, 0.29) is 36.5 Å². The molecule has 1 amide bonds. The average Bonchev–Trinajstić information content (AvgIpc) is 3.23. The van der Waals surface area contributed by atoms with Gasteiger partial charge in [0.1, 0.15) is 30.3 Å². The highest BCUT2D eigenvalue weighted by Gasteiger charge is 2.11. The molecule has 2 heterocycles. The summed E-state index contributed by atoms with van der Waals surface area (Å²) in [6, 6.07) is 13.7. The van der Waals surface area contributed by atoms with Gasteiger partial charge in [0.2, 0.25) is 0 Å². The summed E-state index contributed by atoms with van der Waals surface area (Å²) in [5.74, 6) is 0.424. The summed E-state index contributed by atoms with van der Waals surface area (Å²) in [7, 11) is 0. The van der Waals surface area contributed by atoms with Gasteiger partial charge in [0.15, 0.2) is 6.61 Å². The largest absolute Gasteiger partial charge is 0.487 e. The molecular formula is C23H22FN5O4. The van der Waals surface area contributed by atoms with Gasteiger partial charge in [0, 0.05) is 23.9 Å². The Morgan fingerprint density at radius 3 is 2.64 bits per heavy atom. The van der Waals surface area contributed by atoms with Gasteiger partial charge in [-0.15, -0.1) is 0 Å². The number of hydrogen-bond donors (Lipinski definition) is 1. The van der Waals surface area contributed by atoms with Gasteiger partial charge >= 0.3 is 0 Å². The molecule has 2 aromatic carbocycles. The van der Waals surface area contributed by atoms with E-state index in [1.165, 1.54) is 34.8 Å². The Hall–Kier alpha value is -4.21. The Morgan fingerprint density at radius 1 is 1.09 bits per heavy atom. The second kappa shape index (κ2) is 9.51. The van der Waals surface area contributed by atoms with Crippen LogP contribution >= 0.6 is 0 Å². The van der Waals surface area contributed by atoms with Gasteiger partial charge in [-0.25, -0.2) is 9.37 Å². The van der Waals surface area contributed by atoms with E-state index in [4.69, 9.17) is 9.47 Å². The molecule has 2 aromatic heterocycles. The summed E-state index contributed by atoms with van der Waals surface area (Å²) in [6.07, 6.45) is 1.57. The van der Waals surface area contributed by atoms with Crippen LogP contribution in [0.4, 0.5) is 10.1 Å². The second-order valence-electron chi connectivity index (χ2n) is 7.52. The molecule has 0 aliphatic rings. The molecule has 10 heteroatoms. The minimum absolute atomic E-state index is 0.0609. The van der Waals surface area contributed by atoms with Crippen molar-refractivity contribution in [2.24, 2.45) is 0 Å². The molecule has 170 valence electrons. The van der Waals surface area contributed by atoms with Crippen LogP contribution in [0.5, 0.6) is 11.5 Å². The lowest BCUT2D eigenvalue weighted by Gasteiger charge is -2.11. The van der Waals surface area contributed by atoms with E-state index in [1.807, 2.05) is 13.8 Å². The number of halogens is 1. The number of rotatable bonds is 8. The summed E-state index contributed by atoms with van der Waals surface area (Å²) in [5.41, 5.74) is 0.711. The zero-order chi connectivity index (χ0) is 23.4. The number of carbonyl (C=O) groups excluding carboxylic acids is 1. The molecule has 33 heavy (non-hydrogen) atoms. The van der Waals surface area contributed by atoms with Gasteiger partial charge in [0.25, 0.3) is 17.2 Å². The fourth-order valence-corrected chi connectivity index (χ4v) is 3.11. The van der Waals surface area contributed by atoms with E-state index < -0.39 is 0 Å². The number of hydrogen-bond acceptors (Lipinski definition) is 6. The van der Waals surface area contributed by atoms with Gasteiger partial charge in [-0.1, -0.05) is 6.07 Å². The molecule has 0 aliphatic carbocycles. The summed E-state index contributed by atoms with van der Waals surface area (Å²) in [4.78, 5) is 33.2. The number of ether oxygens (including phenoxy) is 2. The molecule has 4 rings (SSSR count). The lowest BCUT2D eigenvalue weighted by molar-refractivity contribution is -0.118. The van der Waals surface area contributed by atoms with Crippen molar-refractivity contribution in [1.82, 2.24) is 19.2 Å². The van der Waals surface area contributed by atoms with Crippen molar-refractivity contribution in [1.29, 1.82) is 0 Å². The Bertz CT molecular complexity index is 1330. The number of anilines is 1. The lowest BCUT2D eigenvalue weighted by atomic mass is 10.3. The molecule has 0 atom stereocenters. The zero-order valence-corrected chi connectivity index (χ0v) is 18.1. The van der Waals surface area contributed by atoms with Gasteiger partial charge < -0.3 is 14.8 Å². The van der Waals surface area contributed by atoms with Crippen LogP contribution < -0.4 is 20.3 Å². The summed E-state index contributed by atoms with van der Waals surface area (Å²) >= 11 is 0. The molecule has 0 unspecified atom stereocenters. The third-order valence-corrected chi connectivity index (χ3v) is 4.67. The van der Waals surface area contributed by atoms with Gasteiger partial charge in [0.05, 0.1) is 5.69 Å². The first-order valence-electron chi connectivity index (χ1n) is 10.3. The average molecular weight is 451 g/mol. The van der Waals surface area contributed by atoms with E-state index in [1.54, 1.807) is 35.3 Å². The van der Waals surface area contributed by atoms with Crippen LogP contribution in [-0.2, 0) is 11.4 Å². The molecule has 9 nitrogen and oxygen atoms in total. The van der Waals surface area contributed by atoms with Crippen LogP contribution in [-0.4, -0.2) is 31.7 Å². The summed E-state index contributed by atoms with van der Waals surface area (Å²) < 4.78 is 27.1. The Kier molecular flexibility index (Phi) is 6.34. The quantitative estimate of drug-likeness (QED) is 0.442. The van der Waals surface area contributed by atoms with Crippen molar-refractivity contribution < 1.29 is 18.7 Å². The third kappa shape index (κ3) is 5.35. The predicted octanol–water partition coefficient (Wildman–Crippen LogP) is 3.21. The molecule has 0 radical (unpaired) electrons. The fraction of sp³-hybridized carbons (Fsp3) is 0.217. The maximum Gasteiger partial charge on any atom is 0.274 e. The van der Waals surface area contributed by atoms with E-state index in [9.17, 15) is 14.0 Å². The van der Waals surface area contributed by atoms with Gasteiger partial charge in [-0.05, 0) is 50.2 Å². The standard InChI is InChI=1S/C23H22FN5O4/c1-15(2)28-14-25-23-27-18(11-22(31)29(23)28)12-32-20-5-3-4-17(10-20)26-21(30)13-33-19-8-6-16(24)7-9-19/h3-11,14-15H,12-13H2,1-2H3,(H,26,30). The van der Waals surface area contributed by atoms with Crippen molar-refractivity contribution in [2.45, 2.75) is 26.5 Å². The van der Waals surface area contributed by atoms with Gasteiger partial charge in [-0.2, -0.15) is 9.50 Å². The molecule has 1 N–H and O–H groups in total. The highest BCUT2D eigenvalue weighted by molar-refractivity contribution is 5.92. The Labute approximate surface area is 188 Å². The highest BCUT2D eigenvalue weighted by atomic mass is 19.1. The van der Waals surface area contributed by atoms with Crippen molar-refractivity contribution in [3.8, 4) is 11.5 Å². The van der Waals surface area contributed by atoms with Crippen LogP contribution in [0.25, 0.3) is 5.78 Å². The lowest BCUT2D eigenvalue weighted by Crippen LogP contribution is -2.23. The number of nitrogens with zero attached hydrogens (tertiary/aromatic N) is 4. The monoisotopic (exact) mass is 451 g/mol. The van der Waals surface area contributed by atoms with Crippen LogP contribution in [0.2, 0.25) is 0 Å². The number of aromatic nitrogens is 4. The maximum absolute atomic E-state index is 12.9. The van der Waals surface area contributed by atoms with Crippen molar-refractivity contribution in [3.05, 3.63) is 82.8 Å². The predicted molar refractivity (Wildman–Crippen MR) is 119 cm³/mol. The van der Waals surface area contributed by atoms with Crippen molar-refractivity contribution in [3.63, 3.8) is 0 Å². The van der Waals surface area contributed by atoms with E-state index in [0.717, 1.165) is 0 Å². The Balaban J connectivity index is 1.36. The molecule has 0 spiro atoms. The number of nitrogens with one attached hydrogen (secondary N) is 1. The Morgan fingerprint density at radius 2 is 1.88 bits per heavy atom. The summed E-state index contributed by atoms with van der Waals surface area (Å²) in [5, 5.41) is 2.71. The van der Waals surface area contributed by atoms with Crippen molar-refractivity contribution >= 4 is 17.4 Å². The van der Waals surface area contributed by atoms with E-state index >= 15 is 0 Å². The fourth-order valence-electron chi connectivity index (χ4n) is 3.11. The molecule has 0 aliphatic heterocycles. The van der Waals surface area contributed by atoms with Crippen LogP contribution in [0.3, 0.4) is 0 Å². The van der Waals surface area contributed by atoms with Crippen LogP contribution in [0.1, 0.15) is 25.6 Å². The molecule has 0 saturated carbocycles. The van der Waals surface area contributed by atoms with Crippen molar-refractivity contribution in [2.75, 3.05) is 11.9 Å². The topological polar surface area (TPSA) is 99.8 Å². The first-order valence-corrected chi connectivity index (χ1v) is 10.3. The van der Waals surface area contributed by atoms with Crippen LogP contribution in [0, 0.1) is 5.82 Å². The zero-order valence-electron chi connectivity index (χ0n) is 18.1. The normalized spacial score (nSPS) is 11.0. The number of fused-ring (bicyclic) bond motifs is 1. The number of carbonyl (C=O) groups is 1. The van der Waals surface area contributed by atoms with Crippen LogP contribution in [0.15, 0.2) is 65.7 Å². The summed E-state index contributed by atoms with van der Waals surface area (Å²) in [6.45, 7) is 3.73. The third-order valence-electron chi connectivity index (χ3n) is 4.67. The number of amides is 1. The maximum atomic E-state index is 12.9. The molecule has 0 saturated heterocycles.